The van der Waals surface area contributed by atoms with Gasteiger partial charge in [0, 0.05) is 16.8 Å². The van der Waals surface area contributed by atoms with E-state index in [0.717, 1.165) is 11.1 Å². The van der Waals surface area contributed by atoms with Crippen molar-refractivity contribution in [3.05, 3.63) is 96.1 Å². The number of aliphatic hydroxyl groups excluding tert-OH is 1. The number of halogens is 3. The van der Waals surface area contributed by atoms with E-state index < -0.39 is 18.2 Å². The van der Waals surface area contributed by atoms with Crippen LogP contribution in [0.25, 0.3) is 22.2 Å². The molecule has 1 heterocycles. The summed E-state index contributed by atoms with van der Waals surface area (Å²) in [7, 11) is 0. The highest BCUT2D eigenvalue weighted by Crippen LogP contribution is 2.43. The highest BCUT2D eigenvalue weighted by molar-refractivity contribution is 5.92. The second-order valence-corrected chi connectivity index (χ2v) is 6.70. The van der Waals surface area contributed by atoms with E-state index in [1.165, 1.54) is 0 Å². The van der Waals surface area contributed by atoms with Gasteiger partial charge in [0.25, 0.3) is 0 Å². The van der Waals surface area contributed by atoms with Gasteiger partial charge in [-0.15, -0.1) is 0 Å². The third kappa shape index (κ3) is 3.29. The number of aromatic amines is 1. The zero-order valence-corrected chi connectivity index (χ0v) is 14.8. The zero-order valence-electron chi connectivity index (χ0n) is 14.8. The first-order valence-corrected chi connectivity index (χ1v) is 8.92. The van der Waals surface area contributed by atoms with Crippen LogP contribution in [-0.4, -0.2) is 22.4 Å². The van der Waals surface area contributed by atoms with Crippen molar-refractivity contribution in [2.45, 2.75) is 18.2 Å². The Hall–Kier alpha value is -3.05. The smallest absolute Gasteiger partial charge is 0.383 e. The van der Waals surface area contributed by atoms with Crippen molar-refractivity contribution in [2.24, 2.45) is 0 Å². The number of para-hydroxylation sites is 1. The molecule has 0 saturated heterocycles. The minimum atomic E-state index is -4.76. The van der Waals surface area contributed by atoms with Gasteiger partial charge in [-0.3, -0.25) is 0 Å². The Morgan fingerprint density at radius 2 is 1.32 bits per heavy atom. The lowest BCUT2D eigenvalue weighted by Gasteiger charge is -2.26. The normalized spacial score (nSPS) is 14.1. The Morgan fingerprint density at radius 1 is 0.750 bits per heavy atom. The van der Waals surface area contributed by atoms with Crippen LogP contribution < -0.4 is 0 Å². The van der Waals surface area contributed by atoms with Gasteiger partial charge in [-0.05, 0) is 22.8 Å². The number of H-pyrrole nitrogens is 1. The van der Waals surface area contributed by atoms with Crippen molar-refractivity contribution in [1.82, 2.24) is 4.98 Å². The lowest BCUT2D eigenvalue weighted by atomic mass is 9.83. The molecule has 3 aromatic carbocycles. The number of hydrogen-bond acceptors (Lipinski definition) is 1. The van der Waals surface area contributed by atoms with E-state index in [9.17, 15) is 18.3 Å². The van der Waals surface area contributed by atoms with E-state index in [1.807, 2.05) is 42.5 Å². The van der Waals surface area contributed by atoms with Crippen molar-refractivity contribution in [3.63, 3.8) is 0 Å². The van der Waals surface area contributed by atoms with Crippen LogP contribution in [-0.2, 0) is 0 Å². The summed E-state index contributed by atoms with van der Waals surface area (Å²) in [5, 5.41) is 11.0. The van der Waals surface area contributed by atoms with Crippen molar-refractivity contribution in [3.8, 4) is 11.3 Å². The fraction of sp³-hybridized carbons (Fsp3) is 0.130. The topological polar surface area (TPSA) is 36.0 Å². The van der Waals surface area contributed by atoms with E-state index in [1.54, 1.807) is 42.5 Å². The molecule has 142 valence electrons. The monoisotopic (exact) mass is 381 g/mol. The molecule has 2 N–H and O–H groups in total. The van der Waals surface area contributed by atoms with Gasteiger partial charge in [0.05, 0.1) is 5.69 Å². The lowest BCUT2D eigenvalue weighted by molar-refractivity contribution is -0.207. The average molecular weight is 381 g/mol. The van der Waals surface area contributed by atoms with Crippen LogP contribution in [0.5, 0.6) is 0 Å². The van der Waals surface area contributed by atoms with Gasteiger partial charge >= 0.3 is 6.18 Å². The maximum atomic E-state index is 13.7. The molecule has 5 heteroatoms. The molecule has 4 rings (SSSR count). The van der Waals surface area contributed by atoms with Crippen LogP contribution >= 0.6 is 0 Å². The largest absolute Gasteiger partial charge is 0.415 e. The summed E-state index contributed by atoms with van der Waals surface area (Å²) in [5.41, 5.74) is 2.93. The lowest BCUT2D eigenvalue weighted by Crippen LogP contribution is -2.35. The first kappa shape index (κ1) is 18.3. The number of fused-ring (bicyclic) bond motifs is 1. The number of rotatable bonds is 4. The number of nitrogens with one attached hydrogen (secondary N) is 1. The van der Waals surface area contributed by atoms with Crippen molar-refractivity contribution >= 4 is 10.9 Å². The SMILES string of the molecule is OC(C(c1ccccc1)c1c(-c2ccccc2)[nH]c2ccccc12)C(F)(F)F. The van der Waals surface area contributed by atoms with E-state index in [4.69, 9.17) is 0 Å². The molecule has 0 aliphatic rings. The van der Waals surface area contributed by atoms with Gasteiger partial charge in [-0.25, -0.2) is 0 Å². The average Bonchev–Trinajstić information content (AvgIpc) is 3.08. The molecule has 0 amide bonds. The molecule has 0 aliphatic heterocycles. The summed E-state index contributed by atoms with van der Waals surface area (Å²) in [6, 6.07) is 24.8. The fourth-order valence-electron chi connectivity index (χ4n) is 3.68. The van der Waals surface area contributed by atoms with Gasteiger partial charge in [0.1, 0.15) is 0 Å². The third-order valence-electron chi connectivity index (χ3n) is 4.93. The van der Waals surface area contributed by atoms with Gasteiger partial charge < -0.3 is 10.1 Å². The zero-order chi connectivity index (χ0) is 19.7. The van der Waals surface area contributed by atoms with Crippen molar-refractivity contribution in [1.29, 1.82) is 0 Å². The Bertz CT molecular complexity index is 1070. The molecule has 2 unspecified atom stereocenters. The minimum Gasteiger partial charge on any atom is -0.383 e. The van der Waals surface area contributed by atoms with Crippen LogP contribution in [0.2, 0.25) is 0 Å². The van der Waals surface area contributed by atoms with E-state index >= 15 is 0 Å². The van der Waals surface area contributed by atoms with E-state index in [0.29, 0.717) is 22.2 Å². The summed E-state index contributed by atoms with van der Waals surface area (Å²) in [6.45, 7) is 0. The molecule has 1 aromatic heterocycles. The number of aromatic nitrogens is 1. The molecule has 0 bridgehead atoms. The molecular formula is C23H18F3NO. The molecule has 28 heavy (non-hydrogen) atoms. The maximum absolute atomic E-state index is 13.7. The summed E-state index contributed by atoms with van der Waals surface area (Å²) >= 11 is 0. The molecule has 0 saturated carbocycles. The number of alkyl halides is 3. The molecular weight excluding hydrogens is 363 g/mol. The summed E-state index contributed by atoms with van der Waals surface area (Å²) in [5.74, 6) is -1.26. The first-order valence-electron chi connectivity index (χ1n) is 8.92. The fourth-order valence-corrected chi connectivity index (χ4v) is 3.68. The van der Waals surface area contributed by atoms with E-state index in [-0.39, 0.29) is 0 Å². The Labute approximate surface area is 160 Å². The Morgan fingerprint density at radius 3 is 1.96 bits per heavy atom. The summed E-state index contributed by atoms with van der Waals surface area (Å²) in [4.78, 5) is 3.26. The molecule has 2 nitrogen and oxygen atoms in total. The Balaban J connectivity index is 2.03. The first-order chi connectivity index (χ1) is 13.5. The highest BCUT2D eigenvalue weighted by atomic mass is 19.4. The predicted molar refractivity (Wildman–Crippen MR) is 104 cm³/mol. The maximum Gasteiger partial charge on any atom is 0.415 e. The predicted octanol–water partition coefficient (Wildman–Crippen LogP) is 5.89. The summed E-state index contributed by atoms with van der Waals surface area (Å²) in [6.07, 6.45) is -7.29. The van der Waals surface area contributed by atoms with Crippen LogP contribution in [0.3, 0.4) is 0 Å². The van der Waals surface area contributed by atoms with E-state index in [2.05, 4.69) is 4.98 Å². The number of hydrogen-bond donors (Lipinski definition) is 2. The molecule has 0 spiro atoms. The highest BCUT2D eigenvalue weighted by Gasteiger charge is 2.46. The van der Waals surface area contributed by atoms with Gasteiger partial charge in [-0.1, -0.05) is 78.9 Å². The molecule has 0 radical (unpaired) electrons. The van der Waals surface area contributed by atoms with Crippen LogP contribution in [0.15, 0.2) is 84.9 Å². The second kappa shape index (κ2) is 7.17. The van der Waals surface area contributed by atoms with Crippen molar-refractivity contribution < 1.29 is 18.3 Å². The molecule has 4 aromatic rings. The third-order valence-corrected chi connectivity index (χ3v) is 4.93. The number of benzene rings is 3. The van der Waals surface area contributed by atoms with Gasteiger partial charge in [0.15, 0.2) is 6.10 Å². The quantitative estimate of drug-likeness (QED) is 0.454. The van der Waals surface area contributed by atoms with Crippen LogP contribution in [0.1, 0.15) is 17.0 Å². The van der Waals surface area contributed by atoms with Crippen LogP contribution in [0.4, 0.5) is 13.2 Å². The Kier molecular flexibility index (Phi) is 4.69. The van der Waals surface area contributed by atoms with Gasteiger partial charge in [0.2, 0.25) is 0 Å². The van der Waals surface area contributed by atoms with Gasteiger partial charge in [-0.2, -0.15) is 13.2 Å². The second-order valence-electron chi connectivity index (χ2n) is 6.70. The molecule has 0 fully saturated rings. The molecule has 2 atom stereocenters. The van der Waals surface area contributed by atoms with Crippen molar-refractivity contribution in [2.75, 3.05) is 0 Å². The standard InChI is InChI=1S/C23H18F3NO/c24-23(25,26)22(28)19(15-9-3-1-4-10-15)20-17-13-7-8-14-18(17)27-21(20)16-11-5-2-6-12-16/h1-14,19,22,27-28H. The van der Waals surface area contributed by atoms with Crippen LogP contribution in [0, 0.1) is 0 Å². The molecule has 0 aliphatic carbocycles. The minimum absolute atomic E-state index is 0.411. The number of aliphatic hydroxyl groups is 1. The summed E-state index contributed by atoms with van der Waals surface area (Å²) < 4.78 is 41.0.